The van der Waals surface area contributed by atoms with Crippen molar-refractivity contribution in [1.29, 1.82) is 0 Å². The molecular formula is C19H19N3O4S. The molecule has 27 heavy (non-hydrogen) atoms. The first-order chi connectivity index (χ1) is 13.1. The molecule has 1 fully saturated rings. The van der Waals surface area contributed by atoms with Crippen LogP contribution < -0.4 is 5.32 Å². The van der Waals surface area contributed by atoms with Crippen LogP contribution in [0.2, 0.25) is 0 Å². The number of benzene rings is 1. The number of furan rings is 1. The van der Waals surface area contributed by atoms with Crippen molar-refractivity contribution < 1.29 is 18.8 Å². The van der Waals surface area contributed by atoms with Gasteiger partial charge in [-0.15, -0.1) is 0 Å². The zero-order chi connectivity index (χ0) is 19.0. The van der Waals surface area contributed by atoms with E-state index in [-0.39, 0.29) is 24.3 Å². The standard InChI is InChI=1S/C19H19N3O4S/c1-27-11-17(23)21-6-7-22-15(10-21)18(24)20-14-5-4-12(9-13(14)19(22)25)16-3-2-8-26-16/h2-5,8-9,15H,6-7,10-11H2,1H3,(H,20,24). The lowest BCUT2D eigenvalue weighted by molar-refractivity contribution is -0.133. The van der Waals surface area contributed by atoms with Gasteiger partial charge in [0.2, 0.25) is 11.8 Å². The summed E-state index contributed by atoms with van der Waals surface area (Å²) >= 11 is 1.45. The second-order valence-corrected chi connectivity index (χ2v) is 7.38. The van der Waals surface area contributed by atoms with Crippen LogP contribution in [0.4, 0.5) is 5.69 Å². The van der Waals surface area contributed by atoms with Crippen molar-refractivity contribution in [2.24, 2.45) is 0 Å². The Bertz CT molecular complexity index is 896. The van der Waals surface area contributed by atoms with E-state index in [4.69, 9.17) is 4.42 Å². The summed E-state index contributed by atoms with van der Waals surface area (Å²) in [5.41, 5.74) is 1.69. The minimum Gasteiger partial charge on any atom is -0.464 e. The molecule has 1 unspecified atom stereocenters. The number of anilines is 1. The number of fused-ring (bicyclic) bond motifs is 2. The Morgan fingerprint density at radius 1 is 1.30 bits per heavy atom. The number of piperazine rings is 1. The number of amides is 3. The number of rotatable bonds is 3. The Hall–Kier alpha value is -2.74. The van der Waals surface area contributed by atoms with E-state index in [1.165, 1.54) is 11.8 Å². The number of carbonyl (C=O) groups excluding carboxylic acids is 3. The zero-order valence-electron chi connectivity index (χ0n) is 14.8. The number of hydrogen-bond donors (Lipinski definition) is 1. The summed E-state index contributed by atoms with van der Waals surface area (Å²) in [5, 5.41) is 2.84. The molecule has 1 aromatic heterocycles. The molecule has 8 heteroatoms. The largest absolute Gasteiger partial charge is 0.464 e. The lowest BCUT2D eigenvalue weighted by Crippen LogP contribution is -2.59. The summed E-state index contributed by atoms with van der Waals surface area (Å²) in [7, 11) is 0. The topological polar surface area (TPSA) is 82.9 Å². The lowest BCUT2D eigenvalue weighted by Gasteiger charge is -2.39. The van der Waals surface area contributed by atoms with Gasteiger partial charge in [0.15, 0.2) is 0 Å². The molecule has 1 N–H and O–H groups in total. The molecule has 0 spiro atoms. The maximum absolute atomic E-state index is 13.1. The van der Waals surface area contributed by atoms with Crippen molar-refractivity contribution in [1.82, 2.24) is 9.80 Å². The van der Waals surface area contributed by atoms with E-state index in [9.17, 15) is 14.4 Å². The number of nitrogens with one attached hydrogen (secondary N) is 1. The predicted molar refractivity (Wildman–Crippen MR) is 103 cm³/mol. The Labute approximate surface area is 160 Å². The number of hydrogen-bond acceptors (Lipinski definition) is 5. The quantitative estimate of drug-likeness (QED) is 0.873. The zero-order valence-corrected chi connectivity index (χ0v) is 15.6. The van der Waals surface area contributed by atoms with Crippen molar-refractivity contribution >= 4 is 35.2 Å². The molecule has 7 nitrogen and oxygen atoms in total. The third-order valence-corrected chi connectivity index (χ3v) is 5.41. The van der Waals surface area contributed by atoms with Crippen molar-refractivity contribution in [3.63, 3.8) is 0 Å². The van der Waals surface area contributed by atoms with Crippen LogP contribution in [0.15, 0.2) is 41.0 Å². The second-order valence-electron chi connectivity index (χ2n) is 6.51. The molecule has 0 aliphatic carbocycles. The fraction of sp³-hybridized carbons (Fsp3) is 0.316. The van der Waals surface area contributed by atoms with Crippen LogP contribution in [0.25, 0.3) is 11.3 Å². The lowest BCUT2D eigenvalue weighted by atomic mass is 10.1. The van der Waals surface area contributed by atoms with Gasteiger partial charge in [0.25, 0.3) is 5.91 Å². The molecule has 1 saturated heterocycles. The molecule has 0 bridgehead atoms. The Morgan fingerprint density at radius 3 is 2.89 bits per heavy atom. The summed E-state index contributed by atoms with van der Waals surface area (Å²) in [6, 6.07) is 8.19. The monoisotopic (exact) mass is 385 g/mol. The number of thioether (sulfide) groups is 1. The second kappa shape index (κ2) is 7.11. The Kier molecular flexibility index (Phi) is 4.65. The minimum atomic E-state index is -0.684. The highest BCUT2D eigenvalue weighted by atomic mass is 32.2. The van der Waals surface area contributed by atoms with Gasteiger partial charge in [0, 0.05) is 18.7 Å². The first-order valence-corrected chi connectivity index (χ1v) is 10.0. The van der Waals surface area contributed by atoms with Gasteiger partial charge >= 0.3 is 0 Å². The summed E-state index contributed by atoms with van der Waals surface area (Å²) in [6.07, 6.45) is 3.44. The van der Waals surface area contributed by atoms with Crippen molar-refractivity contribution in [2.75, 3.05) is 37.0 Å². The highest BCUT2D eigenvalue weighted by Crippen LogP contribution is 2.30. The molecule has 0 radical (unpaired) electrons. The molecule has 1 aromatic carbocycles. The van der Waals surface area contributed by atoms with Crippen LogP contribution in [0.5, 0.6) is 0 Å². The van der Waals surface area contributed by atoms with Crippen LogP contribution in [-0.4, -0.2) is 65.2 Å². The SMILES string of the molecule is CSCC(=O)N1CCN2C(=O)c3cc(-c4ccco4)ccc3NC(=O)C2C1. The van der Waals surface area contributed by atoms with E-state index in [1.807, 2.05) is 18.4 Å². The summed E-state index contributed by atoms with van der Waals surface area (Å²) in [4.78, 5) is 41.3. The van der Waals surface area contributed by atoms with Crippen LogP contribution in [0.3, 0.4) is 0 Å². The molecule has 0 saturated carbocycles. The van der Waals surface area contributed by atoms with E-state index in [0.717, 1.165) is 5.56 Å². The predicted octanol–water partition coefficient (Wildman–Crippen LogP) is 1.91. The van der Waals surface area contributed by atoms with Gasteiger partial charge in [-0.2, -0.15) is 11.8 Å². The van der Waals surface area contributed by atoms with Crippen molar-refractivity contribution in [3.05, 3.63) is 42.2 Å². The van der Waals surface area contributed by atoms with Crippen LogP contribution in [0.1, 0.15) is 10.4 Å². The number of carbonyl (C=O) groups is 3. The first-order valence-electron chi connectivity index (χ1n) is 8.65. The molecule has 3 heterocycles. The maximum Gasteiger partial charge on any atom is 0.256 e. The van der Waals surface area contributed by atoms with Gasteiger partial charge in [-0.1, -0.05) is 0 Å². The summed E-state index contributed by atoms with van der Waals surface area (Å²) < 4.78 is 5.41. The van der Waals surface area contributed by atoms with Gasteiger partial charge < -0.3 is 19.5 Å². The van der Waals surface area contributed by atoms with Crippen LogP contribution in [-0.2, 0) is 9.59 Å². The molecule has 2 aliphatic heterocycles. The molecule has 4 rings (SSSR count). The third-order valence-electron chi connectivity index (χ3n) is 4.88. The molecule has 140 valence electrons. The van der Waals surface area contributed by atoms with E-state index < -0.39 is 6.04 Å². The van der Waals surface area contributed by atoms with Gasteiger partial charge in [0.1, 0.15) is 11.8 Å². The number of nitrogens with zero attached hydrogens (tertiary/aromatic N) is 2. The fourth-order valence-corrected chi connectivity index (χ4v) is 3.92. The molecule has 1 atom stereocenters. The van der Waals surface area contributed by atoms with Gasteiger partial charge in [0.05, 0.1) is 29.8 Å². The molecule has 2 aliphatic rings. The van der Waals surface area contributed by atoms with E-state index in [1.54, 1.807) is 34.3 Å². The fourth-order valence-electron chi connectivity index (χ4n) is 3.49. The molecular weight excluding hydrogens is 366 g/mol. The summed E-state index contributed by atoms with van der Waals surface area (Å²) in [6.45, 7) is 0.986. The highest BCUT2D eigenvalue weighted by molar-refractivity contribution is 7.99. The highest BCUT2D eigenvalue weighted by Gasteiger charge is 2.40. The summed E-state index contributed by atoms with van der Waals surface area (Å²) in [5.74, 6) is 0.539. The third kappa shape index (κ3) is 3.21. The van der Waals surface area contributed by atoms with E-state index in [2.05, 4.69) is 5.32 Å². The first kappa shape index (κ1) is 17.7. The van der Waals surface area contributed by atoms with Crippen LogP contribution >= 0.6 is 11.8 Å². The molecule has 3 amide bonds. The van der Waals surface area contributed by atoms with Gasteiger partial charge in [-0.05, 0) is 36.6 Å². The van der Waals surface area contributed by atoms with Crippen molar-refractivity contribution in [2.45, 2.75) is 6.04 Å². The van der Waals surface area contributed by atoms with Crippen molar-refractivity contribution in [3.8, 4) is 11.3 Å². The maximum atomic E-state index is 13.1. The minimum absolute atomic E-state index is 0.00994. The van der Waals surface area contributed by atoms with Gasteiger partial charge in [-0.3, -0.25) is 14.4 Å². The van der Waals surface area contributed by atoms with Gasteiger partial charge in [-0.25, -0.2) is 0 Å². The molecule has 2 aromatic rings. The smallest absolute Gasteiger partial charge is 0.256 e. The Balaban J connectivity index is 1.64. The van der Waals surface area contributed by atoms with Crippen LogP contribution in [0, 0.1) is 0 Å². The Morgan fingerprint density at radius 2 is 2.15 bits per heavy atom. The average Bonchev–Trinajstić information content (AvgIpc) is 3.19. The van der Waals surface area contributed by atoms with E-state index >= 15 is 0 Å². The normalized spacial score (nSPS) is 19.2. The van der Waals surface area contributed by atoms with E-state index in [0.29, 0.717) is 35.9 Å². The average molecular weight is 385 g/mol.